The lowest BCUT2D eigenvalue weighted by Gasteiger charge is -2.13. The van der Waals surface area contributed by atoms with E-state index in [1.54, 1.807) is 0 Å². The van der Waals surface area contributed by atoms with Crippen molar-refractivity contribution in [2.45, 2.75) is 43.9 Å². The van der Waals surface area contributed by atoms with E-state index in [1.807, 2.05) is 26.0 Å². The Hall–Kier alpha value is -0.970. The summed E-state index contributed by atoms with van der Waals surface area (Å²) in [6, 6.07) is 6.40. The Bertz CT molecular complexity index is 578. The summed E-state index contributed by atoms with van der Waals surface area (Å²) in [7, 11) is 0. The van der Waals surface area contributed by atoms with E-state index in [2.05, 4.69) is 30.2 Å². The van der Waals surface area contributed by atoms with Crippen molar-refractivity contribution in [3.8, 4) is 0 Å². The van der Waals surface area contributed by atoms with E-state index in [1.165, 1.54) is 17.3 Å². The monoisotopic (exact) mass is 310 g/mol. The van der Waals surface area contributed by atoms with Crippen LogP contribution >= 0.6 is 23.4 Å². The molecule has 5 heteroatoms. The van der Waals surface area contributed by atoms with Gasteiger partial charge < -0.3 is 9.73 Å². The average Bonchev–Trinajstić information content (AvgIpc) is 2.71. The molecule has 1 unspecified atom stereocenters. The molecule has 1 heterocycles. The van der Waals surface area contributed by atoms with Crippen molar-refractivity contribution in [3.63, 3.8) is 0 Å². The molecule has 3 nitrogen and oxygen atoms in total. The number of rotatable bonds is 5. The van der Waals surface area contributed by atoms with E-state index < -0.39 is 0 Å². The first-order valence-corrected chi connectivity index (χ1v) is 7.85. The molecule has 0 aliphatic rings. The van der Waals surface area contributed by atoms with E-state index in [9.17, 15) is 0 Å². The molecule has 1 N–H and O–H groups in total. The van der Waals surface area contributed by atoms with E-state index in [4.69, 9.17) is 16.0 Å². The summed E-state index contributed by atoms with van der Waals surface area (Å²) in [4.78, 5) is 5.32. The minimum absolute atomic E-state index is 0.294. The topological polar surface area (TPSA) is 38.1 Å². The van der Waals surface area contributed by atoms with Gasteiger partial charge in [-0.25, -0.2) is 4.98 Å². The van der Waals surface area contributed by atoms with Crippen LogP contribution in [0.5, 0.6) is 0 Å². The molecule has 0 radical (unpaired) electrons. The zero-order valence-corrected chi connectivity index (χ0v) is 13.7. The van der Waals surface area contributed by atoms with Gasteiger partial charge in [0, 0.05) is 10.9 Å². The number of oxazole rings is 1. The Morgan fingerprint density at radius 1 is 1.40 bits per heavy atom. The SMILES string of the molecule is CCNC(C)c1ccc(Sc2nc(C)c(C)o2)c(Cl)c1. The molecule has 1 aromatic carbocycles. The fourth-order valence-electron chi connectivity index (χ4n) is 1.87. The van der Waals surface area contributed by atoms with Crippen LogP contribution < -0.4 is 5.32 Å². The Morgan fingerprint density at radius 2 is 2.15 bits per heavy atom. The zero-order chi connectivity index (χ0) is 14.7. The molecule has 2 rings (SSSR count). The highest BCUT2D eigenvalue weighted by atomic mass is 35.5. The Kier molecular flexibility index (Phi) is 5.13. The van der Waals surface area contributed by atoms with Gasteiger partial charge in [0.2, 0.25) is 0 Å². The molecule has 0 amide bonds. The van der Waals surface area contributed by atoms with Crippen molar-refractivity contribution in [2.75, 3.05) is 6.54 Å². The van der Waals surface area contributed by atoms with Crippen molar-refractivity contribution in [1.82, 2.24) is 10.3 Å². The first-order chi connectivity index (χ1) is 9.51. The summed E-state index contributed by atoms with van der Waals surface area (Å²) >= 11 is 7.80. The highest BCUT2D eigenvalue weighted by Crippen LogP contribution is 2.35. The maximum atomic E-state index is 6.35. The van der Waals surface area contributed by atoms with E-state index in [0.29, 0.717) is 11.3 Å². The average molecular weight is 311 g/mol. The first-order valence-electron chi connectivity index (χ1n) is 6.66. The summed E-state index contributed by atoms with van der Waals surface area (Å²) in [6.07, 6.45) is 0. The maximum Gasteiger partial charge on any atom is 0.261 e. The van der Waals surface area contributed by atoms with Crippen molar-refractivity contribution >= 4 is 23.4 Å². The summed E-state index contributed by atoms with van der Waals surface area (Å²) in [6.45, 7) is 9.00. The van der Waals surface area contributed by atoms with Crippen LogP contribution in [-0.4, -0.2) is 11.5 Å². The van der Waals surface area contributed by atoms with Gasteiger partial charge in [-0.3, -0.25) is 0 Å². The van der Waals surface area contributed by atoms with Crippen LogP contribution in [-0.2, 0) is 0 Å². The van der Waals surface area contributed by atoms with E-state index in [0.717, 1.165) is 27.9 Å². The highest BCUT2D eigenvalue weighted by molar-refractivity contribution is 7.99. The van der Waals surface area contributed by atoms with Gasteiger partial charge in [0.25, 0.3) is 5.22 Å². The molecule has 0 aliphatic heterocycles. The molecular formula is C15H19ClN2OS. The van der Waals surface area contributed by atoms with Gasteiger partial charge >= 0.3 is 0 Å². The van der Waals surface area contributed by atoms with E-state index >= 15 is 0 Å². The number of aromatic nitrogens is 1. The number of halogens is 1. The second-order valence-electron chi connectivity index (χ2n) is 4.69. The molecule has 0 aliphatic carbocycles. The number of hydrogen-bond donors (Lipinski definition) is 1. The third kappa shape index (κ3) is 3.57. The summed E-state index contributed by atoms with van der Waals surface area (Å²) in [5.74, 6) is 0.848. The molecule has 0 saturated carbocycles. The van der Waals surface area contributed by atoms with Gasteiger partial charge in [-0.2, -0.15) is 0 Å². The van der Waals surface area contributed by atoms with Crippen LogP contribution in [0.1, 0.15) is 36.9 Å². The smallest absolute Gasteiger partial charge is 0.261 e. The van der Waals surface area contributed by atoms with E-state index in [-0.39, 0.29) is 0 Å². The van der Waals surface area contributed by atoms with Gasteiger partial charge in [-0.1, -0.05) is 24.6 Å². The quantitative estimate of drug-likeness (QED) is 0.863. The van der Waals surface area contributed by atoms with Gasteiger partial charge in [-0.15, -0.1) is 0 Å². The van der Waals surface area contributed by atoms with Crippen LogP contribution in [0.3, 0.4) is 0 Å². The minimum Gasteiger partial charge on any atom is -0.436 e. The lowest BCUT2D eigenvalue weighted by Crippen LogP contribution is -2.17. The number of benzene rings is 1. The third-order valence-electron chi connectivity index (χ3n) is 3.17. The van der Waals surface area contributed by atoms with Crippen LogP contribution in [0.15, 0.2) is 32.7 Å². The van der Waals surface area contributed by atoms with Gasteiger partial charge in [-0.05, 0) is 56.8 Å². The molecule has 0 saturated heterocycles. The lowest BCUT2D eigenvalue weighted by atomic mass is 10.1. The van der Waals surface area contributed by atoms with Gasteiger partial charge in [0.05, 0.1) is 10.7 Å². The maximum absolute atomic E-state index is 6.35. The number of hydrogen-bond acceptors (Lipinski definition) is 4. The van der Waals surface area contributed by atoms with Gasteiger partial charge in [0.1, 0.15) is 5.76 Å². The minimum atomic E-state index is 0.294. The van der Waals surface area contributed by atoms with Crippen molar-refractivity contribution < 1.29 is 4.42 Å². The summed E-state index contributed by atoms with van der Waals surface area (Å²) < 4.78 is 5.57. The lowest BCUT2D eigenvalue weighted by molar-refractivity contribution is 0.431. The van der Waals surface area contributed by atoms with Crippen LogP contribution in [0.25, 0.3) is 0 Å². The second-order valence-corrected chi connectivity index (χ2v) is 6.09. The zero-order valence-electron chi connectivity index (χ0n) is 12.2. The van der Waals surface area contributed by atoms with Crippen molar-refractivity contribution in [1.29, 1.82) is 0 Å². The van der Waals surface area contributed by atoms with Crippen molar-refractivity contribution in [3.05, 3.63) is 40.2 Å². The van der Waals surface area contributed by atoms with Crippen LogP contribution in [0, 0.1) is 13.8 Å². The third-order valence-corrected chi connectivity index (χ3v) is 4.52. The van der Waals surface area contributed by atoms with Crippen LogP contribution in [0.2, 0.25) is 5.02 Å². The summed E-state index contributed by atoms with van der Waals surface area (Å²) in [5, 5.41) is 4.73. The fourth-order valence-corrected chi connectivity index (χ4v) is 3.01. The fraction of sp³-hybridized carbons (Fsp3) is 0.400. The first kappa shape index (κ1) is 15.4. The Labute approximate surface area is 129 Å². The number of nitrogens with one attached hydrogen (secondary N) is 1. The van der Waals surface area contributed by atoms with Crippen LogP contribution in [0.4, 0.5) is 0 Å². The highest BCUT2D eigenvalue weighted by Gasteiger charge is 2.12. The molecule has 2 aromatic rings. The molecule has 108 valence electrons. The largest absolute Gasteiger partial charge is 0.436 e. The molecule has 0 fully saturated rings. The standard InChI is InChI=1S/C15H19ClN2OS/c1-5-17-10(3)12-6-7-14(13(16)8-12)20-15-18-9(2)11(4)19-15/h6-8,10,17H,5H2,1-4H3. The molecule has 1 atom stereocenters. The predicted molar refractivity (Wildman–Crippen MR) is 83.6 cm³/mol. The molecular weight excluding hydrogens is 292 g/mol. The summed E-state index contributed by atoms with van der Waals surface area (Å²) in [5.41, 5.74) is 2.10. The van der Waals surface area contributed by atoms with Crippen molar-refractivity contribution in [2.24, 2.45) is 0 Å². The Balaban J connectivity index is 2.17. The van der Waals surface area contributed by atoms with Gasteiger partial charge in [0.15, 0.2) is 0 Å². The second kappa shape index (κ2) is 6.66. The predicted octanol–water partition coefficient (Wildman–Crippen LogP) is 4.77. The molecule has 1 aromatic heterocycles. The molecule has 0 bridgehead atoms. The number of nitrogens with zero attached hydrogens (tertiary/aromatic N) is 1. The number of aryl methyl sites for hydroxylation is 2. The normalized spacial score (nSPS) is 12.7. The Morgan fingerprint density at radius 3 is 2.70 bits per heavy atom. The molecule has 20 heavy (non-hydrogen) atoms. The molecule has 0 spiro atoms.